The summed E-state index contributed by atoms with van der Waals surface area (Å²) in [6.45, 7) is 8.30. The van der Waals surface area contributed by atoms with Gasteiger partial charge in [0.25, 0.3) is 0 Å². The average Bonchev–Trinajstić information content (AvgIpc) is 2.59. The molecule has 1 aromatic rings. The van der Waals surface area contributed by atoms with Crippen LogP contribution in [0.1, 0.15) is 51.2 Å². The van der Waals surface area contributed by atoms with E-state index >= 15 is 0 Å². The van der Waals surface area contributed by atoms with E-state index < -0.39 is 5.41 Å². The van der Waals surface area contributed by atoms with E-state index in [1.807, 2.05) is 37.3 Å². The van der Waals surface area contributed by atoms with Gasteiger partial charge in [0.15, 0.2) is 0 Å². The van der Waals surface area contributed by atoms with Gasteiger partial charge in [-0.3, -0.25) is 4.79 Å². The number of benzene rings is 1. The van der Waals surface area contributed by atoms with Crippen LogP contribution in [-0.2, 0) is 19.0 Å². The van der Waals surface area contributed by atoms with Crippen LogP contribution >= 0.6 is 0 Å². The summed E-state index contributed by atoms with van der Waals surface area (Å²) in [5, 5.41) is 0. The summed E-state index contributed by atoms with van der Waals surface area (Å²) in [6.07, 6.45) is 4.29. The van der Waals surface area contributed by atoms with Gasteiger partial charge in [-0.05, 0) is 31.7 Å². The maximum Gasteiger partial charge on any atom is 0.312 e. The molecule has 1 rings (SSSR count). The Morgan fingerprint density at radius 2 is 2.00 bits per heavy atom. The number of ether oxygens (including phenoxy) is 3. The highest BCUT2D eigenvalue weighted by Gasteiger charge is 2.40. The maximum atomic E-state index is 12.7. The Morgan fingerprint density at radius 1 is 1.29 bits per heavy atom. The molecule has 0 amide bonds. The summed E-state index contributed by atoms with van der Waals surface area (Å²) in [5.74, 6) is -0.173. The average molecular weight is 334 g/mol. The fourth-order valence-corrected chi connectivity index (χ4v) is 3.04. The molecular weight excluding hydrogens is 304 g/mol. The van der Waals surface area contributed by atoms with Crippen molar-refractivity contribution in [3.8, 4) is 0 Å². The molecule has 134 valence electrons. The first kappa shape index (κ1) is 20.4. The first-order valence-corrected chi connectivity index (χ1v) is 8.57. The van der Waals surface area contributed by atoms with Gasteiger partial charge in [0, 0.05) is 7.11 Å². The molecule has 0 aliphatic rings. The summed E-state index contributed by atoms with van der Waals surface area (Å²) in [5.41, 5.74) is 0.407. The number of hydrogen-bond donors (Lipinski definition) is 0. The van der Waals surface area contributed by atoms with Crippen molar-refractivity contribution in [1.82, 2.24) is 0 Å². The van der Waals surface area contributed by atoms with Crippen LogP contribution in [0.2, 0.25) is 0 Å². The van der Waals surface area contributed by atoms with E-state index in [0.29, 0.717) is 19.4 Å². The van der Waals surface area contributed by atoms with Crippen molar-refractivity contribution >= 4 is 5.97 Å². The Morgan fingerprint density at radius 3 is 2.54 bits per heavy atom. The minimum Gasteiger partial charge on any atom is -0.466 e. The molecule has 0 N–H and O–H groups in total. The van der Waals surface area contributed by atoms with Gasteiger partial charge in [-0.1, -0.05) is 49.8 Å². The van der Waals surface area contributed by atoms with E-state index in [9.17, 15) is 4.79 Å². The third-order valence-electron chi connectivity index (χ3n) is 4.11. The van der Waals surface area contributed by atoms with E-state index in [1.54, 1.807) is 13.2 Å². The number of rotatable bonds is 12. The zero-order valence-electron chi connectivity index (χ0n) is 15.1. The summed E-state index contributed by atoms with van der Waals surface area (Å²) in [6, 6.07) is 9.92. The highest BCUT2D eigenvalue weighted by molar-refractivity contribution is 5.77. The van der Waals surface area contributed by atoms with Crippen molar-refractivity contribution in [3.05, 3.63) is 48.6 Å². The standard InChI is InChI=1S/C20H30O4/c1-5-13-20(14-6-2,19(21)23-7-3)15-18(24-16-22-4)17-11-9-8-10-12-17/h5,8-12,18H,1,6-7,13-16H2,2-4H3/t18-,20+/m0/s1. The topological polar surface area (TPSA) is 44.8 Å². The summed E-state index contributed by atoms with van der Waals surface area (Å²) in [7, 11) is 1.59. The lowest BCUT2D eigenvalue weighted by atomic mass is 9.74. The molecule has 4 heteroatoms. The lowest BCUT2D eigenvalue weighted by Gasteiger charge is -2.34. The third-order valence-corrected chi connectivity index (χ3v) is 4.11. The number of methoxy groups -OCH3 is 1. The van der Waals surface area contributed by atoms with Gasteiger partial charge < -0.3 is 14.2 Å². The van der Waals surface area contributed by atoms with Crippen molar-refractivity contribution in [3.63, 3.8) is 0 Å². The molecular formula is C20H30O4. The Hall–Kier alpha value is -1.65. The number of allylic oxidation sites excluding steroid dienone is 1. The van der Waals surface area contributed by atoms with E-state index in [-0.39, 0.29) is 18.9 Å². The molecule has 0 heterocycles. The molecule has 0 spiro atoms. The third kappa shape index (κ3) is 5.77. The van der Waals surface area contributed by atoms with Crippen LogP contribution in [0.15, 0.2) is 43.0 Å². The van der Waals surface area contributed by atoms with Crippen molar-refractivity contribution in [2.75, 3.05) is 20.5 Å². The molecule has 0 fully saturated rings. The first-order chi connectivity index (χ1) is 11.6. The van der Waals surface area contributed by atoms with Crippen LogP contribution in [0.25, 0.3) is 0 Å². The first-order valence-electron chi connectivity index (χ1n) is 8.57. The number of hydrogen-bond acceptors (Lipinski definition) is 4. The van der Waals surface area contributed by atoms with Gasteiger partial charge in [-0.25, -0.2) is 0 Å². The van der Waals surface area contributed by atoms with Gasteiger partial charge in [0.1, 0.15) is 6.79 Å². The van der Waals surface area contributed by atoms with Crippen molar-refractivity contribution < 1.29 is 19.0 Å². The van der Waals surface area contributed by atoms with Crippen LogP contribution in [0.3, 0.4) is 0 Å². The van der Waals surface area contributed by atoms with E-state index in [2.05, 4.69) is 13.5 Å². The second-order valence-corrected chi connectivity index (χ2v) is 5.92. The Labute approximate surface area is 145 Å². The normalized spacial score (nSPS) is 14.6. The predicted molar refractivity (Wildman–Crippen MR) is 95.5 cm³/mol. The molecule has 4 nitrogen and oxygen atoms in total. The fourth-order valence-electron chi connectivity index (χ4n) is 3.04. The molecule has 2 atom stereocenters. The number of esters is 1. The second kappa shape index (κ2) is 11.0. The number of carbonyl (C=O) groups is 1. The zero-order chi connectivity index (χ0) is 17.8. The van der Waals surface area contributed by atoms with Gasteiger partial charge >= 0.3 is 5.97 Å². The zero-order valence-corrected chi connectivity index (χ0v) is 15.1. The lowest BCUT2D eigenvalue weighted by Crippen LogP contribution is -2.35. The Kier molecular flexibility index (Phi) is 9.35. The molecule has 0 unspecified atom stereocenters. The molecule has 0 aliphatic heterocycles. The number of carbonyl (C=O) groups excluding carboxylic acids is 1. The van der Waals surface area contributed by atoms with Crippen LogP contribution in [0.5, 0.6) is 0 Å². The monoisotopic (exact) mass is 334 g/mol. The highest BCUT2D eigenvalue weighted by Crippen LogP contribution is 2.41. The summed E-state index contributed by atoms with van der Waals surface area (Å²) >= 11 is 0. The minimum absolute atomic E-state index is 0.173. The van der Waals surface area contributed by atoms with E-state index in [4.69, 9.17) is 14.2 Å². The van der Waals surface area contributed by atoms with Crippen molar-refractivity contribution in [1.29, 1.82) is 0 Å². The van der Waals surface area contributed by atoms with Gasteiger partial charge in [0.2, 0.25) is 0 Å². The Bertz CT molecular complexity index is 486. The molecule has 1 aromatic carbocycles. The SMILES string of the molecule is C=CC[C@@](CCC)(C[C@H](OCOC)c1ccccc1)C(=O)OCC. The molecule has 0 saturated heterocycles. The molecule has 0 bridgehead atoms. The van der Waals surface area contributed by atoms with Gasteiger partial charge in [-0.15, -0.1) is 6.58 Å². The lowest BCUT2D eigenvalue weighted by molar-refractivity contribution is -0.161. The van der Waals surface area contributed by atoms with Crippen molar-refractivity contribution in [2.45, 2.75) is 45.6 Å². The predicted octanol–water partition coefficient (Wildman–Crippen LogP) is 4.66. The second-order valence-electron chi connectivity index (χ2n) is 5.92. The summed E-state index contributed by atoms with van der Waals surface area (Å²) in [4.78, 5) is 12.7. The van der Waals surface area contributed by atoms with E-state index in [1.165, 1.54) is 0 Å². The molecule has 0 saturated carbocycles. The fraction of sp³-hybridized carbons (Fsp3) is 0.550. The van der Waals surface area contributed by atoms with E-state index in [0.717, 1.165) is 18.4 Å². The molecule has 0 aliphatic carbocycles. The van der Waals surface area contributed by atoms with Crippen LogP contribution in [-0.4, -0.2) is 26.5 Å². The summed E-state index contributed by atoms with van der Waals surface area (Å²) < 4.78 is 16.3. The van der Waals surface area contributed by atoms with Crippen LogP contribution < -0.4 is 0 Å². The molecule has 24 heavy (non-hydrogen) atoms. The van der Waals surface area contributed by atoms with Crippen molar-refractivity contribution in [2.24, 2.45) is 5.41 Å². The smallest absolute Gasteiger partial charge is 0.312 e. The molecule has 0 radical (unpaired) electrons. The highest BCUT2D eigenvalue weighted by atomic mass is 16.7. The minimum atomic E-state index is -0.624. The van der Waals surface area contributed by atoms with Crippen LogP contribution in [0, 0.1) is 5.41 Å². The quantitative estimate of drug-likeness (QED) is 0.317. The Balaban J connectivity index is 3.12. The van der Waals surface area contributed by atoms with Gasteiger partial charge in [0.05, 0.1) is 18.1 Å². The largest absolute Gasteiger partial charge is 0.466 e. The van der Waals surface area contributed by atoms with Gasteiger partial charge in [-0.2, -0.15) is 0 Å². The van der Waals surface area contributed by atoms with Crippen LogP contribution in [0.4, 0.5) is 0 Å². The molecule has 0 aromatic heterocycles. The maximum absolute atomic E-state index is 12.7.